The SMILES string of the molecule is c1ccc(-n2c3c(ccc4oc5ccccc5c43)c3ccc4c(c5ccccc5n4-c4ccc5c6c(cccc46)-c4ccccc4-5)c32)cc1. The fraction of sp³-hybridized carbons (Fsp3) is 0. The van der Waals surface area contributed by atoms with Gasteiger partial charge in [0.15, 0.2) is 0 Å². The van der Waals surface area contributed by atoms with Gasteiger partial charge in [-0.2, -0.15) is 0 Å². The van der Waals surface area contributed by atoms with Gasteiger partial charge in [0.1, 0.15) is 11.2 Å². The van der Waals surface area contributed by atoms with Crippen LogP contribution in [0.1, 0.15) is 0 Å². The van der Waals surface area contributed by atoms with Gasteiger partial charge in [-0.15, -0.1) is 0 Å². The van der Waals surface area contributed by atoms with Crippen LogP contribution in [0.15, 0.2) is 162 Å². The Kier molecular flexibility index (Phi) is 4.72. The van der Waals surface area contributed by atoms with Crippen molar-refractivity contribution in [2.75, 3.05) is 0 Å². The van der Waals surface area contributed by atoms with Gasteiger partial charge in [0, 0.05) is 38.0 Å². The summed E-state index contributed by atoms with van der Waals surface area (Å²) < 4.78 is 11.4. The fourth-order valence-electron chi connectivity index (χ4n) is 8.93. The molecular formula is C46H26N2O. The molecule has 0 spiro atoms. The highest BCUT2D eigenvalue weighted by atomic mass is 16.3. The second-order valence-electron chi connectivity index (χ2n) is 13.2. The molecule has 0 fully saturated rings. The monoisotopic (exact) mass is 622 g/mol. The molecule has 0 aliphatic heterocycles. The highest BCUT2D eigenvalue weighted by Crippen LogP contribution is 2.50. The molecule has 0 atom stereocenters. The third-order valence-electron chi connectivity index (χ3n) is 10.8. The number of hydrogen-bond donors (Lipinski definition) is 0. The van der Waals surface area contributed by atoms with E-state index in [2.05, 4.69) is 161 Å². The number of benzene rings is 8. The van der Waals surface area contributed by atoms with Crippen molar-refractivity contribution in [1.29, 1.82) is 0 Å². The van der Waals surface area contributed by atoms with Crippen LogP contribution in [0.5, 0.6) is 0 Å². The normalized spacial score (nSPS) is 12.5. The van der Waals surface area contributed by atoms with Crippen molar-refractivity contribution in [2.45, 2.75) is 0 Å². The molecule has 0 amide bonds. The van der Waals surface area contributed by atoms with Crippen LogP contribution < -0.4 is 0 Å². The number of hydrogen-bond acceptors (Lipinski definition) is 1. The zero-order valence-corrected chi connectivity index (χ0v) is 26.3. The predicted molar refractivity (Wildman–Crippen MR) is 204 cm³/mol. The Morgan fingerprint density at radius 3 is 1.84 bits per heavy atom. The molecule has 3 heteroatoms. The Hall–Kier alpha value is -6.58. The van der Waals surface area contributed by atoms with E-state index in [0.717, 1.165) is 27.6 Å². The minimum absolute atomic E-state index is 0.904. The lowest BCUT2D eigenvalue weighted by molar-refractivity contribution is 0.669. The zero-order valence-electron chi connectivity index (χ0n) is 26.3. The van der Waals surface area contributed by atoms with Crippen molar-refractivity contribution in [3.8, 4) is 33.6 Å². The molecule has 8 aromatic carbocycles. The van der Waals surface area contributed by atoms with Gasteiger partial charge in [0.2, 0.25) is 0 Å². The Morgan fingerprint density at radius 1 is 0.327 bits per heavy atom. The molecule has 0 radical (unpaired) electrons. The van der Waals surface area contributed by atoms with Gasteiger partial charge in [0.25, 0.3) is 0 Å². The number of para-hydroxylation sites is 3. The molecule has 1 aliphatic rings. The lowest BCUT2D eigenvalue weighted by Crippen LogP contribution is -1.96. The zero-order chi connectivity index (χ0) is 31.8. The van der Waals surface area contributed by atoms with E-state index in [9.17, 15) is 0 Å². The number of aromatic nitrogens is 2. The van der Waals surface area contributed by atoms with Crippen LogP contribution in [0.25, 0.3) is 110 Å². The Morgan fingerprint density at radius 2 is 0.980 bits per heavy atom. The summed E-state index contributed by atoms with van der Waals surface area (Å²) in [7, 11) is 0. The van der Waals surface area contributed by atoms with E-state index in [1.807, 2.05) is 6.07 Å². The molecule has 0 unspecified atom stereocenters. The van der Waals surface area contributed by atoms with Gasteiger partial charge in [-0.3, -0.25) is 0 Å². The van der Waals surface area contributed by atoms with Gasteiger partial charge in [0.05, 0.1) is 33.1 Å². The Bertz CT molecular complexity index is 3180. The van der Waals surface area contributed by atoms with Crippen molar-refractivity contribution in [1.82, 2.24) is 9.13 Å². The van der Waals surface area contributed by atoms with Gasteiger partial charge in [-0.1, -0.05) is 109 Å². The van der Waals surface area contributed by atoms with Crippen LogP contribution in [0, 0.1) is 0 Å². The largest absolute Gasteiger partial charge is 0.456 e. The van der Waals surface area contributed by atoms with Crippen molar-refractivity contribution >= 4 is 76.3 Å². The van der Waals surface area contributed by atoms with Crippen molar-refractivity contribution in [2.24, 2.45) is 0 Å². The van der Waals surface area contributed by atoms with E-state index < -0.39 is 0 Å². The topological polar surface area (TPSA) is 23.0 Å². The molecule has 1 aliphatic carbocycles. The minimum atomic E-state index is 0.904. The standard InChI is InChI=1S/C46H26N2O/c1-2-11-27(12-3-1)47-45-32(33-23-26-41-44(46(33)47)36-16-7-9-20-40(36)49-41)22-25-39-43(45)35-15-6-8-19-37(35)48(39)38-24-21-31-29-14-5-4-13-28(29)30-17-10-18-34(38)42(30)31/h1-26H. The number of rotatable bonds is 2. The van der Waals surface area contributed by atoms with Crippen molar-refractivity contribution in [3.05, 3.63) is 158 Å². The second kappa shape index (κ2) is 9.06. The van der Waals surface area contributed by atoms with E-state index in [1.54, 1.807) is 0 Å². The highest BCUT2D eigenvalue weighted by molar-refractivity contribution is 6.31. The summed E-state index contributed by atoms with van der Waals surface area (Å²) in [6.07, 6.45) is 0. The van der Waals surface area contributed by atoms with Gasteiger partial charge >= 0.3 is 0 Å². The molecule has 49 heavy (non-hydrogen) atoms. The minimum Gasteiger partial charge on any atom is -0.456 e. The van der Waals surface area contributed by atoms with E-state index in [0.29, 0.717) is 0 Å². The lowest BCUT2D eigenvalue weighted by Gasteiger charge is -2.13. The predicted octanol–water partition coefficient (Wildman–Crippen LogP) is 12.6. The van der Waals surface area contributed by atoms with E-state index >= 15 is 0 Å². The average Bonchev–Trinajstić information content (AvgIpc) is 3.89. The number of furan rings is 1. The molecule has 0 bridgehead atoms. The van der Waals surface area contributed by atoms with Crippen LogP contribution in [-0.2, 0) is 0 Å². The third kappa shape index (κ3) is 3.13. The summed E-state index contributed by atoms with van der Waals surface area (Å²) >= 11 is 0. The van der Waals surface area contributed by atoms with Crippen LogP contribution in [-0.4, -0.2) is 9.13 Å². The molecule has 3 aromatic heterocycles. The highest BCUT2D eigenvalue weighted by Gasteiger charge is 2.26. The molecule has 226 valence electrons. The maximum absolute atomic E-state index is 6.44. The molecule has 3 nitrogen and oxygen atoms in total. The lowest BCUT2D eigenvalue weighted by atomic mass is 10.0. The first-order valence-corrected chi connectivity index (χ1v) is 16.9. The van der Waals surface area contributed by atoms with Crippen LogP contribution >= 0.6 is 0 Å². The molecule has 11 aromatic rings. The Balaban J connectivity index is 1.29. The van der Waals surface area contributed by atoms with Crippen LogP contribution in [0.3, 0.4) is 0 Å². The third-order valence-corrected chi connectivity index (χ3v) is 10.8. The molecule has 12 rings (SSSR count). The second-order valence-corrected chi connectivity index (χ2v) is 13.2. The molecule has 0 saturated carbocycles. The molecule has 0 N–H and O–H groups in total. The maximum Gasteiger partial charge on any atom is 0.137 e. The summed E-state index contributed by atoms with van der Waals surface area (Å²) in [5.74, 6) is 0. The fourth-order valence-corrected chi connectivity index (χ4v) is 8.93. The first-order valence-electron chi connectivity index (χ1n) is 16.9. The van der Waals surface area contributed by atoms with Gasteiger partial charge < -0.3 is 13.6 Å². The van der Waals surface area contributed by atoms with Gasteiger partial charge in [-0.25, -0.2) is 0 Å². The first kappa shape index (κ1) is 25.5. The molecule has 0 saturated heterocycles. The van der Waals surface area contributed by atoms with E-state index in [-0.39, 0.29) is 0 Å². The van der Waals surface area contributed by atoms with Crippen molar-refractivity contribution < 1.29 is 4.42 Å². The average molecular weight is 623 g/mol. The smallest absolute Gasteiger partial charge is 0.137 e. The Labute approximate surface area is 280 Å². The van der Waals surface area contributed by atoms with E-state index in [1.165, 1.54) is 82.3 Å². The van der Waals surface area contributed by atoms with Crippen molar-refractivity contribution in [3.63, 3.8) is 0 Å². The summed E-state index contributed by atoms with van der Waals surface area (Å²) in [4.78, 5) is 0. The first-order chi connectivity index (χ1) is 24.3. The summed E-state index contributed by atoms with van der Waals surface area (Å²) in [6, 6.07) is 57.4. The maximum atomic E-state index is 6.44. The summed E-state index contributed by atoms with van der Waals surface area (Å²) in [5, 5.41) is 9.83. The van der Waals surface area contributed by atoms with E-state index in [4.69, 9.17) is 4.42 Å². The molecule has 3 heterocycles. The summed E-state index contributed by atoms with van der Waals surface area (Å²) in [6.45, 7) is 0. The van der Waals surface area contributed by atoms with Crippen LogP contribution in [0.4, 0.5) is 0 Å². The number of fused-ring (bicyclic) bond motifs is 14. The summed E-state index contributed by atoms with van der Waals surface area (Å²) in [5.41, 5.74) is 14.2. The van der Waals surface area contributed by atoms with Crippen LogP contribution in [0.2, 0.25) is 0 Å². The van der Waals surface area contributed by atoms with Gasteiger partial charge in [-0.05, 0) is 76.2 Å². The quantitative estimate of drug-likeness (QED) is 0.188. The molecular weight excluding hydrogens is 597 g/mol. The number of nitrogens with zero attached hydrogens (tertiary/aromatic N) is 2.